The Bertz CT molecular complexity index is 1070. The molecule has 0 saturated carbocycles. The van der Waals surface area contributed by atoms with Crippen LogP contribution in [0.25, 0.3) is 5.57 Å². The number of rotatable bonds is 6. The highest BCUT2D eigenvalue weighted by atomic mass is 35.5. The molecule has 0 N–H and O–H groups in total. The summed E-state index contributed by atoms with van der Waals surface area (Å²) in [5.74, 6) is 0.170. The number of thiophene rings is 1. The number of hydrogen-bond acceptors (Lipinski definition) is 5. The second kappa shape index (κ2) is 8.45. The van der Waals surface area contributed by atoms with Gasteiger partial charge in [-0.2, -0.15) is 0 Å². The van der Waals surface area contributed by atoms with Crippen molar-refractivity contribution in [3.63, 3.8) is 0 Å². The molecule has 0 bridgehead atoms. The maximum Gasteiger partial charge on any atom is 0.268 e. The van der Waals surface area contributed by atoms with Crippen molar-refractivity contribution in [2.75, 3.05) is 7.11 Å². The molecular formula is C22H16ClNO3S2. The predicted octanol–water partition coefficient (Wildman–Crippen LogP) is 5.48. The number of nitrogens with zero attached hydrogens (tertiary/aromatic N) is 1. The molecule has 0 atom stereocenters. The molecule has 1 aliphatic rings. The number of thioether (sulfide) groups is 1. The molecule has 0 saturated heterocycles. The molecule has 0 spiro atoms. The van der Waals surface area contributed by atoms with Gasteiger partial charge in [0.25, 0.3) is 11.8 Å². The fourth-order valence-electron chi connectivity index (χ4n) is 2.96. The van der Waals surface area contributed by atoms with Gasteiger partial charge in [-0.15, -0.1) is 11.3 Å². The summed E-state index contributed by atoms with van der Waals surface area (Å²) in [6.45, 7) is 0.210. The lowest BCUT2D eigenvalue weighted by atomic mass is 10.2. The number of ether oxygens (including phenoxy) is 1. The van der Waals surface area contributed by atoms with Crippen LogP contribution >= 0.6 is 34.7 Å². The van der Waals surface area contributed by atoms with Gasteiger partial charge in [0.05, 0.1) is 24.1 Å². The molecular weight excluding hydrogens is 426 g/mol. The Morgan fingerprint density at radius 1 is 1.00 bits per heavy atom. The smallest absolute Gasteiger partial charge is 0.268 e. The summed E-state index contributed by atoms with van der Waals surface area (Å²) in [6, 6.07) is 18.3. The number of imide groups is 1. The molecule has 3 aromatic rings. The van der Waals surface area contributed by atoms with Gasteiger partial charge >= 0.3 is 0 Å². The van der Waals surface area contributed by atoms with E-state index in [4.69, 9.17) is 16.3 Å². The summed E-state index contributed by atoms with van der Waals surface area (Å²) in [5.41, 5.74) is 1.31. The number of benzene rings is 2. The first-order valence-corrected chi connectivity index (χ1v) is 10.8. The maximum atomic E-state index is 13.2. The average molecular weight is 442 g/mol. The van der Waals surface area contributed by atoms with Crippen LogP contribution in [0.2, 0.25) is 5.02 Å². The highest BCUT2D eigenvalue weighted by Gasteiger charge is 2.39. The van der Waals surface area contributed by atoms with Gasteiger partial charge in [-0.25, -0.2) is 0 Å². The Labute approximate surface area is 181 Å². The van der Waals surface area contributed by atoms with Gasteiger partial charge in [0.1, 0.15) is 5.75 Å². The summed E-state index contributed by atoms with van der Waals surface area (Å²) >= 11 is 8.71. The molecule has 0 radical (unpaired) electrons. The van der Waals surface area contributed by atoms with Gasteiger partial charge < -0.3 is 4.74 Å². The Balaban J connectivity index is 1.66. The van der Waals surface area contributed by atoms with Crippen LogP contribution in [0, 0.1) is 0 Å². The molecule has 29 heavy (non-hydrogen) atoms. The van der Waals surface area contributed by atoms with Crippen molar-refractivity contribution in [1.82, 2.24) is 4.90 Å². The van der Waals surface area contributed by atoms with Gasteiger partial charge in [0.15, 0.2) is 0 Å². The summed E-state index contributed by atoms with van der Waals surface area (Å²) in [6.07, 6.45) is 0. The third-order valence-electron chi connectivity index (χ3n) is 4.43. The van der Waals surface area contributed by atoms with E-state index in [9.17, 15) is 9.59 Å². The molecule has 4 nitrogen and oxygen atoms in total. The molecule has 1 aromatic heterocycles. The van der Waals surface area contributed by atoms with E-state index in [1.807, 2.05) is 53.9 Å². The van der Waals surface area contributed by atoms with E-state index in [1.54, 1.807) is 19.2 Å². The number of amides is 2. The largest absolute Gasteiger partial charge is 0.497 e. The lowest BCUT2D eigenvalue weighted by Crippen LogP contribution is -2.30. The Morgan fingerprint density at radius 3 is 2.34 bits per heavy atom. The molecule has 2 heterocycles. The molecule has 1 aliphatic heterocycles. The van der Waals surface area contributed by atoms with Crippen molar-refractivity contribution < 1.29 is 14.3 Å². The first kappa shape index (κ1) is 19.8. The zero-order valence-corrected chi connectivity index (χ0v) is 17.8. The number of hydrogen-bond donors (Lipinski definition) is 0. The number of methoxy groups -OCH3 is 1. The van der Waals surface area contributed by atoms with Crippen LogP contribution < -0.4 is 4.74 Å². The van der Waals surface area contributed by atoms with Crippen LogP contribution in [0.15, 0.2) is 75.8 Å². The lowest BCUT2D eigenvalue weighted by molar-refractivity contribution is -0.137. The predicted molar refractivity (Wildman–Crippen MR) is 117 cm³/mol. The van der Waals surface area contributed by atoms with Crippen LogP contribution in [0.3, 0.4) is 0 Å². The van der Waals surface area contributed by atoms with Crippen molar-refractivity contribution in [3.8, 4) is 5.75 Å². The molecule has 7 heteroatoms. The second-order valence-electron chi connectivity index (χ2n) is 6.28. The molecule has 0 unspecified atom stereocenters. The molecule has 0 fully saturated rings. The average Bonchev–Trinajstić information content (AvgIpc) is 3.33. The van der Waals surface area contributed by atoms with E-state index in [0.717, 1.165) is 21.1 Å². The Hall–Kier alpha value is -2.54. The van der Waals surface area contributed by atoms with Gasteiger partial charge in [0.2, 0.25) is 0 Å². The molecule has 0 aliphatic carbocycles. The first-order chi connectivity index (χ1) is 14.1. The van der Waals surface area contributed by atoms with Gasteiger partial charge in [-0.3, -0.25) is 14.5 Å². The molecule has 2 amide bonds. The van der Waals surface area contributed by atoms with Crippen LogP contribution in [-0.4, -0.2) is 23.8 Å². The van der Waals surface area contributed by atoms with Crippen molar-refractivity contribution >= 4 is 52.1 Å². The van der Waals surface area contributed by atoms with E-state index in [1.165, 1.54) is 28.0 Å². The lowest BCUT2D eigenvalue weighted by Gasteiger charge is -2.15. The number of carbonyl (C=O) groups excluding carboxylic acids is 2. The van der Waals surface area contributed by atoms with E-state index >= 15 is 0 Å². The van der Waals surface area contributed by atoms with Gasteiger partial charge in [0, 0.05) is 14.8 Å². The zero-order chi connectivity index (χ0) is 20.4. The fraction of sp³-hybridized carbons (Fsp3) is 0.0909. The van der Waals surface area contributed by atoms with Crippen molar-refractivity contribution in [2.45, 2.75) is 11.4 Å². The third-order valence-corrected chi connectivity index (χ3v) is 6.66. The van der Waals surface area contributed by atoms with Crippen LogP contribution in [0.1, 0.15) is 10.4 Å². The summed E-state index contributed by atoms with van der Waals surface area (Å²) in [4.78, 5) is 29.8. The highest BCUT2D eigenvalue weighted by Crippen LogP contribution is 2.41. The second-order valence-corrected chi connectivity index (χ2v) is 8.75. The first-order valence-electron chi connectivity index (χ1n) is 8.77. The fourth-order valence-corrected chi connectivity index (χ4v) is 4.93. The van der Waals surface area contributed by atoms with Crippen LogP contribution in [0.4, 0.5) is 0 Å². The Morgan fingerprint density at radius 2 is 1.72 bits per heavy atom. The monoisotopic (exact) mass is 441 g/mol. The molecule has 2 aromatic carbocycles. The van der Waals surface area contributed by atoms with Gasteiger partial charge in [-0.1, -0.05) is 41.6 Å². The van der Waals surface area contributed by atoms with Gasteiger partial charge in [-0.05, 0) is 53.4 Å². The number of halogens is 1. The Kier molecular flexibility index (Phi) is 5.76. The normalized spacial score (nSPS) is 14.1. The van der Waals surface area contributed by atoms with Crippen LogP contribution in [0.5, 0.6) is 5.75 Å². The number of carbonyl (C=O) groups is 2. The van der Waals surface area contributed by atoms with E-state index in [-0.39, 0.29) is 18.4 Å². The highest BCUT2D eigenvalue weighted by molar-refractivity contribution is 8.04. The maximum absolute atomic E-state index is 13.2. The molecule has 146 valence electrons. The minimum atomic E-state index is -0.283. The van der Waals surface area contributed by atoms with E-state index < -0.39 is 0 Å². The van der Waals surface area contributed by atoms with Crippen molar-refractivity contribution in [3.05, 3.63) is 86.4 Å². The van der Waals surface area contributed by atoms with Crippen molar-refractivity contribution in [2.24, 2.45) is 0 Å². The quantitative estimate of drug-likeness (QED) is 0.475. The minimum Gasteiger partial charge on any atom is -0.497 e. The zero-order valence-electron chi connectivity index (χ0n) is 15.4. The standard InChI is InChI=1S/C22H16ClNO3S2/c1-27-16-8-4-14(5-9-16)13-24-21(25)19(18-3-2-12-28-18)20(22(24)26)29-17-10-6-15(23)7-11-17/h2-12H,13H2,1H3. The molecule has 4 rings (SSSR count). The minimum absolute atomic E-state index is 0.210. The topological polar surface area (TPSA) is 46.6 Å². The summed E-state index contributed by atoms with van der Waals surface area (Å²) in [5, 5.41) is 2.52. The van der Waals surface area contributed by atoms with Crippen LogP contribution in [-0.2, 0) is 16.1 Å². The SMILES string of the molecule is COc1ccc(CN2C(=O)C(Sc3ccc(Cl)cc3)=C(c3cccs3)C2=O)cc1. The van der Waals surface area contributed by atoms with E-state index in [2.05, 4.69) is 0 Å². The summed E-state index contributed by atoms with van der Waals surface area (Å²) < 4.78 is 5.17. The van der Waals surface area contributed by atoms with E-state index in [0.29, 0.717) is 15.5 Å². The van der Waals surface area contributed by atoms with Crippen molar-refractivity contribution in [1.29, 1.82) is 0 Å². The third kappa shape index (κ3) is 4.10. The summed E-state index contributed by atoms with van der Waals surface area (Å²) in [7, 11) is 1.60.